The van der Waals surface area contributed by atoms with E-state index in [-0.39, 0.29) is 11.8 Å². The van der Waals surface area contributed by atoms with Gasteiger partial charge in [0.15, 0.2) is 0 Å². The second-order valence-corrected chi connectivity index (χ2v) is 7.33. The van der Waals surface area contributed by atoms with Crippen molar-refractivity contribution in [1.82, 2.24) is 15.1 Å². The molecule has 2 amide bonds. The number of carbonyl (C=O) groups excluding carboxylic acids is 1. The highest BCUT2D eigenvalue weighted by atomic mass is 19.1. The molecule has 0 radical (unpaired) electrons. The van der Waals surface area contributed by atoms with Crippen LogP contribution >= 0.6 is 0 Å². The van der Waals surface area contributed by atoms with Crippen molar-refractivity contribution in [2.24, 2.45) is 11.8 Å². The normalized spacial score (nSPS) is 22.8. The summed E-state index contributed by atoms with van der Waals surface area (Å²) in [6, 6.07) is 7.08. The third-order valence-electron chi connectivity index (χ3n) is 5.40. The highest BCUT2D eigenvalue weighted by Gasteiger charge is 2.25. The summed E-state index contributed by atoms with van der Waals surface area (Å²) in [6.45, 7) is 4.52. The van der Waals surface area contributed by atoms with Gasteiger partial charge in [-0.1, -0.05) is 18.2 Å². The molecule has 4 nitrogen and oxygen atoms in total. The number of urea groups is 1. The van der Waals surface area contributed by atoms with Gasteiger partial charge in [0.1, 0.15) is 5.82 Å². The van der Waals surface area contributed by atoms with Crippen LogP contribution in [0.4, 0.5) is 9.18 Å². The Kier molecular flexibility index (Phi) is 5.72. The molecular formula is C19H28FN3O. The number of amides is 2. The lowest BCUT2D eigenvalue weighted by Crippen LogP contribution is -2.46. The Morgan fingerprint density at radius 3 is 2.54 bits per heavy atom. The summed E-state index contributed by atoms with van der Waals surface area (Å²) in [6.07, 6.45) is 3.85. The van der Waals surface area contributed by atoms with E-state index in [0.29, 0.717) is 11.8 Å². The molecule has 0 bridgehead atoms. The first-order valence-electron chi connectivity index (χ1n) is 9.06. The Hall–Kier alpha value is -1.62. The highest BCUT2D eigenvalue weighted by Crippen LogP contribution is 2.23. The number of nitrogens with zero attached hydrogens (tertiary/aromatic N) is 2. The van der Waals surface area contributed by atoms with Crippen molar-refractivity contribution in [3.05, 3.63) is 35.6 Å². The van der Waals surface area contributed by atoms with Crippen LogP contribution in [0.2, 0.25) is 0 Å². The van der Waals surface area contributed by atoms with Gasteiger partial charge in [-0.3, -0.25) is 0 Å². The van der Waals surface area contributed by atoms with Gasteiger partial charge in [0, 0.05) is 26.2 Å². The van der Waals surface area contributed by atoms with Crippen LogP contribution in [-0.4, -0.2) is 55.6 Å². The first-order valence-corrected chi connectivity index (χ1v) is 9.06. The van der Waals surface area contributed by atoms with Crippen LogP contribution in [0.1, 0.15) is 24.8 Å². The van der Waals surface area contributed by atoms with E-state index in [0.717, 1.165) is 57.5 Å². The van der Waals surface area contributed by atoms with Crippen molar-refractivity contribution in [2.45, 2.75) is 25.7 Å². The lowest BCUT2D eigenvalue weighted by atomic mass is 9.90. The van der Waals surface area contributed by atoms with Gasteiger partial charge in [0.25, 0.3) is 0 Å². The van der Waals surface area contributed by atoms with Crippen LogP contribution in [-0.2, 0) is 6.42 Å². The van der Waals surface area contributed by atoms with E-state index in [1.807, 2.05) is 17.0 Å². The molecular weight excluding hydrogens is 305 g/mol. The molecule has 1 N–H and O–H groups in total. The van der Waals surface area contributed by atoms with Crippen molar-refractivity contribution in [3.8, 4) is 0 Å². The summed E-state index contributed by atoms with van der Waals surface area (Å²) in [4.78, 5) is 16.5. The maximum atomic E-state index is 13.7. The number of halogens is 1. The molecule has 1 aromatic carbocycles. The van der Waals surface area contributed by atoms with Crippen LogP contribution in [0, 0.1) is 17.7 Å². The van der Waals surface area contributed by atoms with Crippen LogP contribution < -0.4 is 5.32 Å². The Morgan fingerprint density at radius 1 is 1.17 bits per heavy atom. The minimum Gasteiger partial charge on any atom is -0.338 e. The van der Waals surface area contributed by atoms with E-state index in [2.05, 4.69) is 17.3 Å². The molecule has 2 heterocycles. The number of piperidine rings is 1. The van der Waals surface area contributed by atoms with Crippen molar-refractivity contribution in [2.75, 3.05) is 39.8 Å². The SMILES string of the molecule is CN1CC[C@H](CNC(=O)N2CCC(Cc3ccccc3F)CC2)C1. The van der Waals surface area contributed by atoms with Gasteiger partial charge in [-0.2, -0.15) is 0 Å². The minimum absolute atomic E-state index is 0.0638. The molecule has 0 aromatic heterocycles. The first-order chi connectivity index (χ1) is 11.6. The van der Waals surface area contributed by atoms with Gasteiger partial charge in [0.05, 0.1) is 0 Å². The Morgan fingerprint density at radius 2 is 1.88 bits per heavy atom. The summed E-state index contributed by atoms with van der Waals surface area (Å²) in [5, 5.41) is 3.09. The third kappa shape index (κ3) is 4.47. The van der Waals surface area contributed by atoms with E-state index < -0.39 is 0 Å². The molecule has 0 saturated carbocycles. The number of likely N-dealkylation sites (tertiary alicyclic amines) is 2. The summed E-state index contributed by atoms with van der Waals surface area (Å²) in [7, 11) is 2.13. The van der Waals surface area contributed by atoms with Crippen molar-refractivity contribution >= 4 is 6.03 Å². The number of benzene rings is 1. The van der Waals surface area contributed by atoms with Gasteiger partial charge in [0.2, 0.25) is 0 Å². The zero-order valence-electron chi connectivity index (χ0n) is 14.5. The molecule has 132 valence electrons. The average Bonchev–Trinajstić information content (AvgIpc) is 3.01. The molecule has 5 heteroatoms. The van der Waals surface area contributed by atoms with Crippen molar-refractivity contribution < 1.29 is 9.18 Å². The van der Waals surface area contributed by atoms with Crippen LogP contribution in [0.15, 0.2) is 24.3 Å². The van der Waals surface area contributed by atoms with E-state index >= 15 is 0 Å². The molecule has 0 spiro atoms. The molecule has 2 saturated heterocycles. The Labute approximate surface area is 144 Å². The predicted octanol–water partition coefficient (Wildman–Crippen LogP) is 2.74. The number of rotatable bonds is 4. The van der Waals surface area contributed by atoms with Gasteiger partial charge >= 0.3 is 6.03 Å². The molecule has 2 aliphatic rings. The fourth-order valence-corrected chi connectivity index (χ4v) is 3.85. The van der Waals surface area contributed by atoms with Crippen molar-refractivity contribution in [3.63, 3.8) is 0 Å². The van der Waals surface area contributed by atoms with Gasteiger partial charge in [-0.05, 0) is 62.7 Å². The smallest absolute Gasteiger partial charge is 0.317 e. The second kappa shape index (κ2) is 7.97. The van der Waals surface area contributed by atoms with E-state index in [1.165, 1.54) is 12.5 Å². The quantitative estimate of drug-likeness (QED) is 0.920. The minimum atomic E-state index is -0.112. The second-order valence-electron chi connectivity index (χ2n) is 7.33. The van der Waals surface area contributed by atoms with Gasteiger partial charge < -0.3 is 15.1 Å². The fraction of sp³-hybridized carbons (Fsp3) is 0.632. The van der Waals surface area contributed by atoms with Gasteiger partial charge in [-0.15, -0.1) is 0 Å². The monoisotopic (exact) mass is 333 g/mol. The summed E-state index contributed by atoms with van der Waals surface area (Å²) in [5.41, 5.74) is 0.797. The lowest BCUT2D eigenvalue weighted by Gasteiger charge is -2.32. The summed E-state index contributed by atoms with van der Waals surface area (Å²) in [5.74, 6) is 0.936. The molecule has 0 aliphatic carbocycles. The zero-order valence-corrected chi connectivity index (χ0v) is 14.5. The number of nitrogens with one attached hydrogen (secondary N) is 1. The molecule has 24 heavy (non-hydrogen) atoms. The molecule has 3 rings (SSSR count). The van der Waals surface area contributed by atoms with Gasteiger partial charge in [-0.25, -0.2) is 9.18 Å². The first kappa shape index (κ1) is 17.2. The average molecular weight is 333 g/mol. The van der Waals surface area contributed by atoms with E-state index in [1.54, 1.807) is 6.07 Å². The summed E-state index contributed by atoms with van der Waals surface area (Å²) < 4.78 is 13.7. The largest absolute Gasteiger partial charge is 0.338 e. The van der Waals surface area contributed by atoms with Crippen LogP contribution in [0.25, 0.3) is 0 Å². The molecule has 2 aliphatic heterocycles. The fourth-order valence-electron chi connectivity index (χ4n) is 3.85. The maximum absolute atomic E-state index is 13.7. The topological polar surface area (TPSA) is 35.6 Å². The molecule has 1 atom stereocenters. The number of hydrogen-bond donors (Lipinski definition) is 1. The Balaban J connectivity index is 1.40. The number of hydrogen-bond acceptors (Lipinski definition) is 2. The predicted molar refractivity (Wildman–Crippen MR) is 93.4 cm³/mol. The highest BCUT2D eigenvalue weighted by molar-refractivity contribution is 5.74. The number of carbonyl (C=O) groups is 1. The zero-order chi connectivity index (χ0) is 16.9. The maximum Gasteiger partial charge on any atom is 0.317 e. The van der Waals surface area contributed by atoms with Crippen LogP contribution in [0.5, 0.6) is 0 Å². The van der Waals surface area contributed by atoms with E-state index in [4.69, 9.17) is 0 Å². The third-order valence-corrected chi connectivity index (χ3v) is 5.40. The Bertz CT molecular complexity index is 557. The van der Waals surface area contributed by atoms with Crippen molar-refractivity contribution in [1.29, 1.82) is 0 Å². The van der Waals surface area contributed by atoms with E-state index in [9.17, 15) is 9.18 Å². The van der Waals surface area contributed by atoms with Crippen LogP contribution in [0.3, 0.4) is 0 Å². The lowest BCUT2D eigenvalue weighted by molar-refractivity contribution is 0.168. The molecule has 0 unspecified atom stereocenters. The summed E-state index contributed by atoms with van der Waals surface area (Å²) >= 11 is 0. The molecule has 2 fully saturated rings. The molecule has 1 aromatic rings. The standard InChI is InChI=1S/C19H28FN3O/c1-22-9-6-16(14-22)13-21-19(24)23-10-7-15(8-11-23)12-17-4-2-3-5-18(17)20/h2-5,15-16H,6-14H2,1H3,(H,21,24)/t16-/m1/s1.